The number of aromatic amines is 1. The van der Waals surface area contributed by atoms with Crippen LogP contribution in [0.1, 0.15) is 49.0 Å². The van der Waals surface area contributed by atoms with Crippen molar-refractivity contribution in [2.24, 2.45) is 5.92 Å². The molecule has 0 aliphatic carbocycles. The summed E-state index contributed by atoms with van der Waals surface area (Å²) in [5.74, 6) is 1.76. The zero-order chi connectivity index (χ0) is 18.8. The Labute approximate surface area is 158 Å². The van der Waals surface area contributed by atoms with Gasteiger partial charge in [0.15, 0.2) is 11.6 Å². The van der Waals surface area contributed by atoms with Crippen molar-refractivity contribution in [3.05, 3.63) is 48.3 Å². The minimum atomic E-state index is -0.0506. The number of aromatic nitrogens is 4. The molecule has 0 saturated carbocycles. The van der Waals surface area contributed by atoms with Crippen molar-refractivity contribution in [3.63, 3.8) is 0 Å². The highest BCUT2D eigenvalue weighted by atomic mass is 16.3. The van der Waals surface area contributed by atoms with Gasteiger partial charge in [-0.05, 0) is 43.4 Å². The topological polar surface area (TPSA) is 79.9 Å². The van der Waals surface area contributed by atoms with Crippen molar-refractivity contribution in [1.82, 2.24) is 24.6 Å². The fourth-order valence-electron chi connectivity index (χ4n) is 3.75. The molecule has 0 radical (unpaired) electrons. The molecule has 1 aliphatic rings. The summed E-state index contributed by atoms with van der Waals surface area (Å²) < 4.78 is 7.43. The number of H-pyrrole nitrogens is 1. The lowest BCUT2D eigenvalue weighted by atomic mass is 10.0. The van der Waals surface area contributed by atoms with Crippen molar-refractivity contribution in [1.29, 1.82) is 0 Å². The lowest BCUT2D eigenvalue weighted by molar-refractivity contribution is 0.0648. The Kier molecular flexibility index (Phi) is 4.83. The van der Waals surface area contributed by atoms with Crippen LogP contribution in [0, 0.1) is 5.92 Å². The molecular weight excluding hydrogens is 342 g/mol. The molecule has 7 heteroatoms. The zero-order valence-corrected chi connectivity index (χ0v) is 15.8. The number of amides is 1. The third-order valence-electron chi connectivity index (χ3n) is 4.97. The number of hydrogen-bond acceptors (Lipinski definition) is 4. The first kappa shape index (κ1) is 17.6. The molecule has 1 atom stereocenters. The quantitative estimate of drug-likeness (QED) is 0.748. The van der Waals surface area contributed by atoms with Gasteiger partial charge in [0.25, 0.3) is 5.91 Å². The molecule has 4 rings (SSSR count). The largest absolute Gasteiger partial charge is 0.459 e. The number of imidazole rings is 1. The lowest BCUT2D eigenvalue weighted by Gasteiger charge is -2.33. The number of likely N-dealkylation sites (tertiary alicyclic amines) is 1. The van der Waals surface area contributed by atoms with E-state index in [-0.39, 0.29) is 11.9 Å². The Morgan fingerprint density at radius 1 is 1.44 bits per heavy atom. The number of nitrogens with zero attached hydrogens (tertiary/aromatic N) is 4. The summed E-state index contributed by atoms with van der Waals surface area (Å²) in [5, 5.41) is 7.58. The van der Waals surface area contributed by atoms with Gasteiger partial charge in [0.05, 0.1) is 12.3 Å². The van der Waals surface area contributed by atoms with E-state index >= 15 is 0 Å². The van der Waals surface area contributed by atoms with E-state index in [9.17, 15) is 4.79 Å². The zero-order valence-electron chi connectivity index (χ0n) is 15.8. The normalized spacial score (nSPS) is 17.6. The van der Waals surface area contributed by atoms with Gasteiger partial charge >= 0.3 is 0 Å². The molecule has 0 aromatic carbocycles. The summed E-state index contributed by atoms with van der Waals surface area (Å²) >= 11 is 0. The second kappa shape index (κ2) is 7.42. The molecule has 7 nitrogen and oxygen atoms in total. The standard InChI is InChI=1S/C20H25N5O2/c1-14(2)11-15-12-17(23-22-15)19-21-7-9-25(19)16-5-3-8-24(13-16)20(26)18-6-4-10-27-18/h4,6-7,9-10,12,14,16H,3,5,8,11,13H2,1-2H3,(H,22,23). The molecule has 1 amide bonds. The Morgan fingerprint density at radius 2 is 2.33 bits per heavy atom. The van der Waals surface area contributed by atoms with Crippen LogP contribution in [0.2, 0.25) is 0 Å². The molecule has 1 N–H and O–H groups in total. The molecule has 4 heterocycles. The van der Waals surface area contributed by atoms with Crippen LogP contribution in [0.25, 0.3) is 11.5 Å². The van der Waals surface area contributed by atoms with Crippen LogP contribution < -0.4 is 0 Å². The first-order valence-electron chi connectivity index (χ1n) is 9.52. The summed E-state index contributed by atoms with van der Waals surface area (Å²) in [7, 11) is 0. The maximum Gasteiger partial charge on any atom is 0.289 e. The average molecular weight is 367 g/mol. The predicted octanol–water partition coefficient (Wildman–Crippen LogP) is 3.54. The number of carbonyl (C=O) groups excluding carboxylic acids is 1. The number of hydrogen-bond donors (Lipinski definition) is 1. The van der Waals surface area contributed by atoms with Gasteiger partial charge in [0.2, 0.25) is 0 Å². The molecule has 1 fully saturated rings. The van der Waals surface area contributed by atoms with Crippen molar-refractivity contribution in [3.8, 4) is 11.5 Å². The third kappa shape index (κ3) is 3.67. The monoisotopic (exact) mass is 367 g/mol. The minimum absolute atomic E-state index is 0.0506. The van der Waals surface area contributed by atoms with Gasteiger partial charge in [-0.15, -0.1) is 0 Å². The molecule has 3 aromatic heterocycles. The Balaban J connectivity index is 1.53. The van der Waals surface area contributed by atoms with Crippen LogP contribution >= 0.6 is 0 Å². The van der Waals surface area contributed by atoms with Gasteiger partial charge in [0.1, 0.15) is 5.69 Å². The Hall–Kier alpha value is -2.83. The summed E-state index contributed by atoms with van der Waals surface area (Å²) in [6.07, 6.45) is 8.25. The van der Waals surface area contributed by atoms with Gasteiger partial charge in [-0.3, -0.25) is 9.89 Å². The molecule has 0 bridgehead atoms. The lowest BCUT2D eigenvalue weighted by Crippen LogP contribution is -2.40. The van der Waals surface area contributed by atoms with E-state index in [2.05, 4.69) is 39.7 Å². The highest BCUT2D eigenvalue weighted by molar-refractivity contribution is 5.91. The van der Waals surface area contributed by atoms with Crippen LogP contribution in [0.4, 0.5) is 0 Å². The molecule has 3 aromatic rings. The molecule has 1 aliphatic heterocycles. The number of piperidine rings is 1. The van der Waals surface area contributed by atoms with E-state index in [4.69, 9.17) is 4.42 Å². The van der Waals surface area contributed by atoms with Crippen LogP contribution in [-0.4, -0.2) is 43.6 Å². The van der Waals surface area contributed by atoms with Gasteiger partial charge < -0.3 is 13.9 Å². The third-order valence-corrected chi connectivity index (χ3v) is 4.97. The fourth-order valence-corrected chi connectivity index (χ4v) is 3.75. The van der Waals surface area contributed by atoms with E-state index in [1.165, 1.54) is 6.26 Å². The van der Waals surface area contributed by atoms with Gasteiger partial charge in [-0.25, -0.2) is 4.98 Å². The predicted molar refractivity (Wildman–Crippen MR) is 101 cm³/mol. The van der Waals surface area contributed by atoms with E-state index < -0.39 is 0 Å². The summed E-state index contributed by atoms with van der Waals surface area (Å²) in [4.78, 5) is 19.0. The van der Waals surface area contributed by atoms with Crippen molar-refractivity contribution in [2.75, 3.05) is 13.1 Å². The first-order valence-corrected chi connectivity index (χ1v) is 9.52. The number of furan rings is 1. The molecule has 1 saturated heterocycles. The summed E-state index contributed by atoms with van der Waals surface area (Å²) in [6, 6.07) is 5.72. The molecule has 1 unspecified atom stereocenters. The van der Waals surface area contributed by atoms with Crippen molar-refractivity contribution < 1.29 is 9.21 Å². The second-order valence-corrected chi connectivity index (χ2v) is 7.56. The summed E-state index contributed by atoms with van der Waals surface area (Å²) in [5.41, 5.74) is 1.97. The van der Waals surface area contributed by atoms with Crippen LogP contribution in [-0.2, 0) is 6.42 Å². The summed E-state index contributed by atoms with van der Waals surface area (Å²) in [6.45, 7) is 5.77. The molecule has 0 spiro atoms. The second-order valence-electron chi connectivity index (χ2n) is 7.56. The smallest absolute Gasteiger partial charge is 0.289 e. The highest BCUT2D eigenvalue weighted by Gasteiger charge is 2.28. The minimum Gasteiger partial charge on any atom is -0.459 e. The van der Waals surface area contributed by atoms with Crippen molar-refractivity contribution in [2.45, 2.75) is 39.2 Å². The Morgan fingerprint density at radius 3 is 3.11 bits per heavy atom. The van der Waals surface area contributed by atoms with E-state index in [0.29, 0.717) is 18.2 Å². The van der Waals surface area contributed by atoms with E-state index in [1.54, 1.807) is 18.3 Å². The van der Waals surface area contributed by atoms with Gasteiger partial charge in [-0.2, -0.15) is 5.10 Å². The maximum atomic E-state index is 12.6. The van der Waals surface area contributed by atoms with E-state index in [0.717, 1.165) is 43.0 Å². The van der Waals surface area contributed by atoms with Crippen LogP contribution in [0.5, 0.6) is 0 Å². The first-order chi connectivity index (χ1) is 13.1. The molecule has 27 heavy (non-hydrogen) atoms. The molecule has 142 valence electrons. The molecular formula is C20H25N5O2. The number of nitrogens with one attached hydrogen (secondary N) is 1. The SMILES string of the molecule is CC(C)Cc1cc(-c2nccn2C2CCCN(C(=O)c3ccco3)C2)n[nH]1. The van der Waals surface area contributed by atoms with Crippen LogP contribution in [0.3, 0.4) is 0 Å². The highest BCUT2D eigenvalue weighted by Crippen LogP contribution is 2.28. The maximum absolute atomic E-state index is 12.6. The van der Waals surface area contributed by atoms with Gasteiger partial charge in [-0.1, -0.05) is 13.8 Å². The number of rotatable bonds is 5. The Bertz CT molecular complexity index is 893. The van der Waals surface area contributed by atoms with Gasteiger partial charge in [0, 0.05) is 31.2 Å². The van der Waals surface area contributed by atoms with E-state index in [1.807, 2.05) is 11.1 Å². The number of carbonyl (C=O) groups is 1. The average Bonchev–Trinajstić information content (AvgIpc) is 3.41. The van der Waals surface area contributed by atoms with Crippen LogP contribution in [0.15, 0.2) is 41.3 Å². The van der Waals surface area contributed by atoms with Crippen molar-refractivity contribution >= 4 is 5.91 Å². The fraction of sp³-hybridized carbons (Fsp3) is 0.450.